The van der Waals surface area contributed by atoms with Gasteiger partial charge in [0, 0.05) is 33.8 Å². The maximum absolute atomic E-state index is 6.54. The highest BCUT2D eigenvalue weighted by Crippen LogP contribution is 2.40. The Kier molecular flexibility index (Phi) is 7.18. The molecule has 0 saturated carbocycles. The van der Waals surface area contributed by atoms with E-state index in [1.165, 1.54) is 11.1 Å². The van der Waals surface area contributed by atoms with Crippen molar-refractivity contribution in [2.24, 2.45) is 0 Å². The fourth-order valence-electron chi connectivity index (χ4n) is 6.04. The van der Waals surface area contributed by atoms with E-state index in [-0.39, 0.29) is 0 Å². The van der Waals surface area contributed by atoms with E-state index in [4.69, 9.17) is 9.40 Å². The SMILES string of the molecule is c1ccc(-c2ccc(N(c3ccccc3)c3ccc(-c4ccc(-c5ccccc5)c5nc(-c6ccccc6)oc45)cc3)cc2)cc1. The van der Waals surface area contributed by atoms with Gasteiger partial charge in [-0.25, -0.2) is 4.98 Å². The van der Waals surface area contributed by atoms with Gasteiger partial charge < -0.3 is 9.32 Å². The Morgan fingerprint density at radius 3 is 1.35 bits per heavy atom. The standard InChI is InChI=1S/C43H30N2O/c1-5-13-31(14-6-1)32-21-25-37(26-22-32)45(36-19-11-4-12-20-36)38-27-23-34(24-28-38)40-30-29-39(33-15-7-2-8-16-33)41-42(40)46-43(44-41)35-17-9-3-10-18-35/h1-30H. The molecule has 3 nitrogen and oxygen atoms in total. The van der Waals surface area contributed by atoms with Gasteiger partial charge in [0.2, 0.25) is 5.89 Å². The Hall–Kier alpha value is -6.19. The minimum absolute atomic E-state index is 0.617. The molecule has 0 aliphatic carbocycles. The molecule has 0 unspecified atom stereocenters. The lowest BCUT2D eigenvalue weighted by Gasteiger charge is -2.26. The fraction of sp³-hybridized carbons (Fsp3) is 0. The average molecular weight is 591 g/mol. The Morgan fingerprint density at radius 1 is 0.348 bits per heavy atom. The molecule has 0 radical (unpaired) electrons. The summed E-state index contributed by atoms with van der Waals surface area (Å²) in [5.74, 6) is 0.617. The van der Waals surface area contributed by atoms with Crippen LogP contribution in [0.5, 0.6) is 0 Å². The lowest BCUT2D eigenvalue weighted by Crippen LogP contribution is -2.09. The van der Waals surface area contributed by atoms with Gasteiger partial charge in [0.25, 0.3) is 0 Å². The molecule has 0 aliphatic heterocycles. The summed E-state index contributed by atoms with van der Waals surface area (Å²) in [4.78, 5) is 7.31. The van der Waals surface area contributed by atoms with Crippen molar-refractivity contribution in [1.82, 2.24) is 4.98 Å². The second-order valence-corrected chi connectivity index (χ2v) is 11.2. The predicted molar refractivity (Wildman–Crippen MR) is 190 cm³/mol. The van der Waals surface area contributed by atoms with Crippen LogP contribution in [0.15, 0.2) is 186 Å². The Balaban J connectivity index is 1.20. The third-order valence-corrected chi connectivity index (χ3v) is 8.33. The highest BCUT2D eigenvalue weighted by molar-refractivity contribution is 6.00. The quantitative estimate of drug-likeness (QED) is 0.185. The van der Waals surface area contributed by atoms with Crippen molar-refractivity contribution in [2.75, 3.05) is 4.90 Å². The van der Waals surface area contributed by atoms with Gasteiger partial charge in [-0.2, -0.15) is 0 Å². The first kappa shape index (κ1) is 27.4. The summed E-state index contributed by atoms with van der Waals surface area (Å²) in [7, 11) is 0. The first-order chi connectivity index (χ1) is 22.8. The van der Waals surface area contributed by atoms with Crippen molar-refractivity contribution in [3.05, 3.63) is 182 Å². The highest BCUT2D eigenvalue weighted by Gasteiger charge is 2.19. The molecule has 8 aromatic rings. The Morgan fingerprint density at radius 2 is 0.761 bits per heavy atom. The summed E-state index contributed by atoms with van der Waals surface area (Å²) >= 11 is 0. The van der Waals surface area contributed by atoms with Crippen LogP contribution in [0, 0.1) is 0 Å². The van der Waals surface area contributed by atoms with Gasteiger partial charge in [0.05, 0.1) is 0 Å². The van der Waals surface area contributed by atoms with Gasteiger partial charge >= 0.3 is 0 Å². The van der Waals surface area contributed by atoms with E-state index < -0.39 is 0 Å². The van der Waals surface area contributed by atoms with E-state index in [9.17, 15) is 0 Å². The molecule has 7 aromatic carbocycles. The first-order valence-corrected chi connectivity index (χ1v) is 15.5. The number of aromatic nitrogens is 1. The summed E-state index contributed by atoms with van der Waals surface area (Å²) in [6.07, 6.45) is 0. The van der Waals surface area contributed by atoms with E-state index in [1.807, 2.05) is 42.5 Å². The first-order valence-electron chi connectivity index (χ1n) is 15.5. The largest absolute Gasteiger partial charge is 0.435 e. The van der Waals surface area contributed by atoms with Crippen LogP contribution in [0.2, 0.25) is 0 Å². The summed E-state index contributed by atoms with van der Waals surface area (Å²) in [6, 6.07) is 63.2. The van der Waals surface area contributed by atoms with Gasteiger partial charge in [0.1, 0.15) is 5.52 Å². The zero-order valence-electron chi connectivity index (χ0n) is 25.1. The molecule has 0 aliphatic rings. The molecule has 1 aromatic heterocycles. The average Bonchev–Trinajstić information content (AvgIpc) is 3.60. The number of fused-ring (bicyclic) bond motifs is 1. The second kappa shape index (κ2) is 12.1. The fourth-order valence-corrected chi connectivity index (χ4v) is 6.04. The maximum atomic E-state index is 6.54. The third kappa shape index (κ3) is 5.25. The number of rotatable bonds is 7. The Bertz CT molecular complexity index is 2210. The molecule has 1 heterocycles. The summed E-state index contributed by atoms with van der Waals surface area (Å²) < 4.78 is 6.54. The van der Waals surface area contributed by atoms with E-state index >= 15 is 0 Å². The zero-order valence-corrected chi connectivity index (χ0v) is 25.1. The number of hydrogen-bond donors (Lipinski definition) is 0. The molecule has 46 heavy (non-hydrogen) atoms. The lowest BCUT2D eigenvalue weighted by atomic mass is 9.98. The minimum Gasteiger partial charge on any atom is -0.435 e. The molecule has 218 valence electrons. The smallest absolute Gasteiger partial charge is 0.227 e. The maximum Gasteiger partial charge on any atom is 0.227 e. The van der Waals surface area contributed by atoms with Gasteiger partial charge in [0.15, 0.2) is 5.58 Å². The van der Waals surface area contributed by atoms with Crippen LogP contribution in [-0.2, 0) is 0 Å². The number of nitrogens with zero attached hydrogens (tertiary/aromatic N) is 2. The molecule has 0 amide bonds. The van der Waals surface area contributed by atoms with Gasteiger partial charge in [-0.15, -0.1) is 0 Å². The van der Waals surface area contributed by atoms with Crippen molar-refractivity contribution in [3.8, 4) is 44.8 Å². The molecule has 3 heteroatoms. The molecular formula is C43H30N2O. The van der Waals surface area contributed by atoms with Crippen LogP contribution in [0.25, 0.3) is 55.9 Å². The van der Waals surface area contributed by atoms with Crippen LogP contribution in [0.3, 0.4) is 0 Å². The van der Waals surface area contributed by atoms with Crippen molar-refractivity contribution < 1.29 is 4.42 Å². The molecular weight excluding hydrogens is 560 g/mol. The van der Waals surface area contributed by atoms with Gasteiger partial charge in [-0.1, -0.05) is 127 Å². The molecule has 8 rings (SSSR count). The van der Waals surface area contributed by atoms with Crippen LogP contribution < -0.4 is 4.90 Å². The summed E-state index contributed by atoms with van der Waals surface area (Å²) in [6.45, 7) is 0. The van der Waals surface area contributed by atoms with Crippen molar-refractivity contribution in [1.29, 1.82) is 0 Å². The third-order valence-electron chi connectivity index (χ3n) is 8.33. The van der Waals surface area contributed by atoms with E-state index in [2.05, 4.69) is 144 Å². The van der Waals surface area contributed by atoms with Crippen molar-refractivity contribution >= 4 is 28.2 Å². The van der Waals surface area contributed by atoms with E-state index in [1.54, 1.807) is 0 Å². The summed E-state index contributed by atoms with van der Waals surface area (Å²) in [5.41, 5.74) is 12.5. The number of para-hydroxylation sites is 1. The highest BCUT2D eigenvalue weighted by atomic mass is 16.3. The minimum atomic E-state index is 0.617. The van der Waals surface area contributed by atoms with Crippen LogP contribution in [-0.4, -0.2) is 4.98 Å². The van der Waals surface area contributed by atoms with Crippen LogP contribution in [0.1, 0.15) is 0 Å². The molecule has 0 saturated heterocycles. The molecule has 0 atom stereocenters. The lowest BCUT2D eigenvalue weighted by molar-refractivity contribution is 0.621. The number of hydrogen-bond acceptors (Lipinski definition) is 3. The topological polar surface area (TPSA) is 29.3 Å². The summed E-state index contributed by atoms with van der Waals surface area (Å²) in [5, 5.41) is 0. The molecule has 0 fully saturated rings. The van der Waals surface area contributed by atoms with Gasteiger partial charge in [-0.3, -0.25) is 0 Å². The van der Waals surface area contributed by atoms with Gasteiger partial charge in [-0.05, 0) is 76.9 Å². The normalized spacial score (nSPS) is 11.0. The van der Waals surface area contributed by atoms with Crippen molar-refractivity contribution in [3.63, 3.8) is 0 Å². The van der Waals surface area contributed by atoms with E-state index in [0.29, 0.717) is 5.89 Å². The monoisotopic (exact) mass is 590 g/mol. The van der Waals surface area contributed by atoms with Crippen molar-refractivity contribution in [2.45, 2.75) is 0 Å². The predicted octanol–water partition coefficient (Wildman–Crippen LogP) is 12.0. The zero-order chi connectivity index (χ0) is 30.7. The molecule has 0 N–H and O–H groups in total. The number of anilines is 3. The second-order valence-electron chi connectivity index (χ2n) is 11.2. The van der Waals surface area contributed by atoms with E-state index in [0.717, 1.165) is 56.0 Å². The van der Waals surface area contributed by atoms with Crippen LogP contribution in [0.4, 0.5) is 17.1 Å². The Labute approximate surface area is 268 Å². The molecule has 0 bridgehead atoms. The number of oxazole rings is 1. The van der Waals surface area contributed by atoms with Crippen LogP contribution >= 0.6 is 0 Å². The number of benzene rings is 7. The molecule has 0 spiro atoms.